The molecule has 0 aliphatic heterocycles. The van der Waals surface area contributed by atoms with Gasteiger partial charge in [-0.25, -0.2) is 4.39 Å². The first-order valence-electron chi connectivity index (χ1n) is 5.24. The molecule has 4 heteroatoms. The molecule has 2 atom stereocenters. The number of aliphatic hydroxyl groups excluding tert-OH is 1. The Hall–Kier alpha value is -1.13. The fourth-order valence-electron chi connectivity index (χ4n) is 1.50. The van der Waals surface area contributed by atoms with Gasteiger partial charge >= 0.3 is 0 Å². The average molecular weight is 227 g/mol. The third kappa shape index (κ3) is 2.71. The van der Waals surface area contributed by atoms with Crippen LogP contribution in [0.3, 0.4) is 0 Å². The molecule has 1 aromatic rings. The molecule has 16 heavy (non-hydrogen) atoms. The fraction of sp³-hybridized carbons (Fsp3) is 0.500. The van der Waals surface area contributed by atoms with E-state index in [-0.39, 0.29) is 11.7 Å². The van der Waals surface area contributed by atoms with E-state index >= 15 is 0 Å². The lowest BCUT2D eigenvalue weighted by molar-refractivity contribution is 0.0978. The van der Waals surface area contributed by atoms with Crippen molar-refractivity contribution in [2.45, 2.75) is 26.0 Å². The lowest BCUT2D eigenvalue weighted by atomic mass is 9.94. The van der Waals surface area contributed by atoms with Gasteiger partial charge in [0.15, 0.2) is 11.6 Å². The number of aliphatic hydroxyl groups is 1. The Morgan fingerprint density at radius 1 is 1.38 bits per heavy atom. The average Bonchev–Trinajstić information content (AvgIpc) is 2.26. The predicted molar refractivity (Wildman–Crippen MR) is 60.7 cm³/mol. The third-order valence-corrected chi connectivity index (χ3v) is 2.61. The van der Waals surface area contributed by atoms with Crippen molar-refractivity contribution < 1.29 is 14.2 Å². The molecule has 0 bridgehead atoms. The van der Waals surface area contributed by atoms with Gasteiger partial charge in [0, 0.05) is 0 Å². The number of hydrogen-bond acceptors (Lipinski definition) is 3. The summed E-state index contributed by atoms with van der Waals surface area (Å²) in [6, 6.07) is 3.89. The lowest BCUT2D eigenvalue weighted by Crippen LogP contribution is -2.30. The third-order valence-electron chi connectivity index (χ3n) is 2.61. The lowest BCUT2D eigenvalue weighted by Gasteiger charge is -2.22. The van der Waals surface area contributed by atoms with Gasteiger partial charge in [0.2, 0.25) is 0 Å². The molecule has 0 unspecified atom stereocenters. The summed E-state index contributed by atoms with van der Waals surface area (Å²) in [5.41, 5.74) is 6.41. The van der Waals surface area contributed by atoms with E-state index in [1.54, 1.807) is 6.07 Å². The first-order valence-corrected chi connectivity index (χ1v) is 5.24. The van der Waals surface area contributed by atoms with Crippen molar-refractivity contribution >= 4 is 0 Å². The van der Waals surface area contributed by atoms with Crippen molar-refractivity contribution in [1.82, 2.24) is 0 Å². The zero-order valence-electron chi connectivity index (χ0n) is 9.77. The van der Waals surface area contributed by atoms with Crippen LogP contribution in [0.2, 0.25) is 0 Å². The van der Waals surface area contributed by atoms with E-state index in [0.717, 1.165) is 0 Å². The minimum Gasteiger partial charge on any atom is -0.494 e. The first kappa shape index (κ1) is 12.9. The van der Waals surface area contributed by atoms with Crippen molar-refractivity contribution in [2.75, 3.05) is 7.11 Å². The Kier molecular flexibility index (Phi) is 4.26. The SMILES string of the molecule is COc1ccc([C@@H](N)[C@@H](O)C(C)C)cc1F. The van der Waals surface area contributed by atoms with Crippen molar-refractivity contribution in [3.8, 4) is 5.75 Å². The van der Waals surface area contributed by atoms with Gasteiger partial charge in [-0.3, -0.25) is 0 Å². The number of benzene rings is 1. The molecule has 3 nitrogen and oxygen atoms in total. The van der Waals surface area contributed by atoms with Crippen LogP contribution in [0.1, 0.15) is 25.5 Å². The van der Waals surface area contributed by atoms with Crippen LogP contribution in [0.25, 0.3) is 0 Å². The molecule has 3 N–H and O–H groups in total. The number of hydrogen-bond donors (Lipinski definition) is 2. The highest BCUT2D eigenvalue weighted by atomic mass is 19.1. The van der Waals surface area contributed by atoms with Gasteiger partial charge < -0.3 is 15.6 Å². The van der Waals surface area contributed by atoms with Crippen LogP contribution in [0, 0.1) is 11.7 Å². The molecule has 0 radical (unpaired) electrons. The molecule has 0 aliphatic rings. The maximum Gasteiger partial charge on any atom is 0.165 e. The summed E-state index contributed by atoms with van der Waals surface area (Å²) in [5.74, 6) is -0.262. The second kappa shape index (κ2) is 5.27. The molecule has 0 spiro atoms. The smallest absolute Gasteiger partial charge is 0.165 e. The Morgan fingerprint density at radius 2 is 2.00 bits per heavy atom. The number of nitrogens with two attached hydrogens (primary N) is 1. The molecule has 0 saturated heterocycles. The number of ether oxygens (including phenoxy) is 1. The monoisotopic (exact) mass is 227 g/mol. The second-order valence-electron chi connectivity index (χ2n) is 4.15. The highest BCUT2D eigenvalue weighted by Crippen LogP contribution is 2.24. The van der Waals surface area contributed by atoms with Gasteiger partial charge in [0.25, 0.3) is 0 Å². The minimum atomic E-state index is -0.687. The van der Waals surface area contributed by atoms with Gasteiger partial charge in [-0.05, 0) is 23.6 Å². The van der Waals surface area contributed by atoms with E-state index < -0.39 is 18.0 Å². The molecule has 1 rings (SSSR count). The van der Waals surface area contributed by atoms with E-state index in [1.807, 2.05) is 13.8 Å². The van der Waals surface area contributed by atoms with Gasteiger partial charge in [0.1, 0.15) is 0 Å². The molecule has 0 saturated carbocycles. The maximum atomic E-state index is 13.4. The summed E-state index contributed by atoms with van der Waals surface area (Å²) < 4.78 is 18.2. The second-order valence-corrected chi connectivity index (χ2v) is 4.15. The maximum absolute atomic E-state index is 13.4. The fourth-order valence-corrected chi connectivity index (χ4v) is 1.50. The van der Waals surface area contributed by atoms with Crippen LogP contribution in [0.5, 0.6) is 5.75 Å². The van der Waals surface area contributed by atoms with Crippen molar-refractivity contribution in [3.63, 3.8) is 0 Å². The van der Waals surface area contributed by atoms with Crippen LogP contribution in [0.4, 0.5) is 4.39 Å². The Labute approximate surface area is 95.0 Å². The minimum absolute atomic E-state index is 0.0279. The van der Waals surface area contributed by atoms with Crippen LogP contribution in [0.15, 0.2) is 18.2 Å². The molecular weight excluding hydrogens is 209 g/mol. The molecule has 1 aromatic carbocycles. The molecule has 0 aliphatic carbocycles. The molecule has 0 amide bonds. The quantitative estimate of drug-likeness (QED) is 0.825. The van der Waals surface area contributed by atoms with Crippen LogP contribution < -0.4 is 10.5 Å². The summed E-state index contributed by atoms with van der Waals surface area (Å²) >= 11 is 0. The van der Waals surface area contributed by atoms with E-state index in [1.165, 1.54) is 19.2 Å². The van der Waals surface area contributed by atoms with E-state index in [0.29, 0.717) is 5.56 Å². The van der Waals surface area contributed by atoms with Crippen molar-refractivity contribution in [3.05, 3.63) is 29.6 Å². The van der Waals surface area contributed by atoms with Crippen LogP contribution in [-0.4, -0.2) is 18.3 Å². The van der Waals surface area contributed by atoms with Crippen molar-refractivity contribution in [1.29, 1.82) is 0 Å². The van der Waals surface area contributed by atoms with Gasteiger partial charge in [-0.2, -0.15) is 0 Å². The molecular formula is C12H18FNO2. The zero-order valence-corrected chi connectivity index (χ0v) is 9.77. The molecule has 0 heterocycles. The summed E-state index contributed by atoms with van der Waals surface area (Å²) in [6.45, 7) is 3.73. The standard InChI is InChI=1S/C12H18FNO2/c1-7(2)12(15)11(14)8-4-5-10(16-3)9(13)6-8/h4-7,11-12,15H,14H2,1-3H3/t11-,12+/m1/s1. The summed E-state index contributed by atoms with van der Waals surface area (Å²) in [4.78, 5) is 0. The van der Waals surface area contributed by atoms with Crippen molar-refractivity contribution in [2.24, 2.45) is 11.7 Å². The molecule has 90 valence electrons. The Morgan fingerprint density at radius 3 is 2.44 bits per heavy atom. The number of rotatable bonds is 4. The van der Waals surface area contributed by atoms with E-state index in [9.17, 15) is 9.50 Å². The Balaban J connectivity index is 2.92. The Bertz CT molecular complexity index is 355. The highest BCUT2D eigenvalue weighted by molar-refractivity contribution is 5.31. The first-order chi connectivity index (χ1) is 7.47. The number of halogens is 1. The van der Waals surface area contributed by atoms with Gasteiger partial charge in [-0.15, -0.1) is 0 Å². The van der Waals surface area contributed by atoms with Crippen LogP contribution >= 0.6 is 0 Å². The normalized spacial score (nSPS) is 14.9. The van der Waals surface area contributed by atoms with E-state index in [2.05, 4.69) is 0 Å². The summed E-state index contributed by atoms with van der Waals surface area (Å²) in [7, 11) is 1.40. The summed E-state index contributed by atoms with van der Waals surface area (Å²) in [5, 5.41) is 9.79. The largest absolute Gasteiger partial charge is 0.494 e. The van der Waals surface area contributed by atoms with Gasteiger partial charge in [-0.1, -0.05) is 19.9 Å². The summed E-state index contributed by atoms with van der Waals surface area (Å²) in [6.07, 6.45) is -0.687. The van der Waals surface area contributed by atoms with E-state index in [4.69, 9.17) is 10.5 Å². The molecule has 0 fully saturated rings. The number of methoxy groups -OCH3 is 1. The van der Waals surface area contributed by atoms with Gasteiger partial charge in [0.05, 0.1) is 19.3 Å². The topological polar surface area (TPSA) is 55.5 Å². The zero-order chi connectivity index (χ0) is 12.3. The molecule has 0 aromatic heterocycles. The van der Waals surface area contributed by atoms with Crippen LogP contribution in [-0.2, 0) is 0 Å². The highest BCUT2D eigenvalue weighted by Gasteiger charge is 2.21. The predicted octanol–water partition coefficient (Wildman–Crippen LogP) is 1.85.